The summed E-state index contributed by atoms with van der Waals surface area (Å²) in [6, 6.07) is 7.24. The predicted octanol–water partition coefficient (Wildman–Crippen LogP) is 1.10. The van der Waals surface area contributed by atoms with Crippen molar-refractivity contribution in [1.82, 2.24) is 15.3 Å². The van der Waals surface area contributed by atoms with Crippen LogP contribution in [0.3, 0.4) is 0 Å². The number of anilines is 2. The second-order valence-electron chi connectivity index (χ2n) is 4.84. The summed E-state index contributed by atoms with van der Waals surface area (Å²) in [5.41, 5.74) is 8.98. The molecule has 2 aromatic rings. The smallest absolute Gasteiger partial charge is 0.256 e. The summed E-state index contributed by atoms with van der Waals surface area (Å²) in [5.74, 6) is 6.46. The van der Waals surface area contributed by atoms with Gasteiger partial charge in [0, 0.05) is 19.5 Å². The minimum Gasteiger partial charge on any atom is -0.397 e. The molecular weight excluding hydrogens is 300 g/mol. The van der Waals surface area contributed by atoms with Gasteiger partial charge in [0.1, 0.15) is 5.69 Å². The molecule has 7 nitrogen and oxygen atoms in total. The van der Waals surface area contributed by atoms with Crippen LogP contribution in [0.25, 0.3) is 0 Å². The van der Waals surface area contributed by atoms with Crippen LogP contribution >= 0.6 is 11.8 Å². The Labute approximate surface area is 133 Å². The molecule has 0 spiro atoms. The molecule has 116 valence electrons. The number of para-hydroxylation sites is 2. The molecule has 0 saturated carbocycles. The number of hydrogen-bond donors (Lipinski definition) is 3. The lowest BCUT2D eigenvalue weighted by Crippen LogP contribution is -2.37. The Morgan fingerprint density at radius 2 is 2.14 bits per heavy atom. The van der Waals surface area contributed by atoms with Crippen LogP contribution in [0, 0.1) is 0 Å². The Hall–Kier alpha value is -2.03. The quantitative estimate of drug-likeness (QED) is 0.253. The molecule has 1 aliphatic rings. The summed E-state index contributed by atoms with van der Waals surface area (Å²) < 4.78 is 0. The highest BCUT2D eigenvalue weighted by Gasteiger charge is 2.20. The Balaban J connectivity index is 1.93. The molecule has 0 atom stereocenters. The maximum absolute atomic E-state index is 6.00. The van der Waals surface area contributed by atoms with E-state index in [0.29, 0.717) is 29.0 Å². The molecule has 0 unspecified atom stereocenters. The molecule has 8 heteroatoms. The molecule has 1 aliphatic heterocycles. The highest BCUT2D eigenvalue weighted by atomic mass is 32.2. The summed E-state index contributed by atoms with van der Waals surface area (Å²) in [6.45, 7) is 1.56. The zero-order chi connectivity index (χ0) is 15.5. The van der Waals surface area contributed by atoms with Gasteiger partial charge in [-0.25, -0.2) is 10.8 Å². The van der Waals surface area contributed by atoms with Crippen LogP contribution in [-0.4, -0.2) is 22.8 Å². The molecule has 5 N–H and O–H groups in total. The van der Waals surface area contributed by atoms with Crippen LogP contribution in [0.5, 0.6) is 5.88 Å². The number of nitrogens with two attached hydrogens (primary N) is 2. The van der Waals surface area contributed by atoms with Crippen molar-refractivity contribution in [2.24, 2.45) is 5.84 Å². The third-order valence-electron chi connectivity index (χ3n) is 3.42. The van der Waals surface area contributed by atoms with Crippen molar-refractivity contribution in [2.45, 2.75) is 18.1 Å². The SMILES string of the molecule is CSc1nc2c(c(ON(N)c3ccccc3N)n1)CNCC2. The highest BCUT2D eigenvalue weighted by Crippen LogP contribution is 2.27. The number of nitrogens with zero attached hydrogens (tertiary/aromatic N) is 3. The minimum atomic E-state index is 0.465. The lowest BCUT2D eigenvalue weighted by Gasteiger charge is -2.23. The largest absolute Gasteiger partial charge is 0.397 e. The Bertz CT molecular complexity index is 680. The number of fused-ring (bicyclic) bond motifs is 1. The normalized spacial score (nSPS) is 13.5. The van der Waals surface area contributed by atoms with E-state index in [1.165, 1.54) is 11.8 Å². The summed E-state index contributed by atoms with van der Waals surface area (Å²) in [7, 11) is 0. The number of nitrogen functional groups attached to an aromatic ring is 1. The molecule has 1 aromatic carbocycles. The Kier molecular flexibility index (Phi) is 4.32. The lowest BCUT2D eigenvalue weighted by atomic mass is 10.1. The second-order valence-corrected chi connectivity index (χ2v) is 5.62. The van der Waals surface area contributed by atoms with Gasteiger partial charge in [-0.05, 0) is 18.4 Å². The zero-order valence-corrected chi connectivity index (χ0v) is 13.1. The third kappa shape index (κ3) is 2.94. The summed E-state index contributed by atoms with van der Waals surface area (Å²) in [6.07, 6.45) is 2.78. The topological polar surface area (TPSA) is 102 Å². The van der Waals surface area contributed by atoms with Crippen molar-refractivity contribution < 1.29 is 4.84 Å². The maximum atomic E-state index is 6.00. The lowest BCUT2D eigenvalue weighted by molar-refractivity contribution is 0.263. The van der Waals surface area contributed by atoms with Crippen molar-refractivity contribution in [3.63, 3.8) is 0 Å². The first-order valence-corrected chi connectivity index (χ1v) is 8.13. The van der Waals surface area contributed by atoms with Crippen LogP contribution in [0.4, 0.5) is 11.4 Å². The van der Waals surface area contributed by atoms with Crippen molar-refractivity contribution >= 4 is 23.1 Å². The molecule has 3 rings (SSSR count). The Morgan fingerprint density at radius 3 is 2.91 bits per heavy atom. The van der Waals surface area contributed by atoms with Crippen LogP contribution < -0.4 is 26.9 Å². The van der Waals surface area contributed by atoms with Gasteiger partial charge in [0.2, 0.25) is 0 Å². The van der Waals surface area contributed by atoms with Crippen molar-refractivity contribution in [1.29, 1.82) is 0 Å². The van der Waals surface area contributed by atoms with Gasteiger partial charge < -0.3 is 15.9 Å². The van der Waals surface area contributed by atoms with Gasteiger partial charge in [-0.15, -0.1) is 5.17 Å². The first-order chi connectivity index (χ1) is 10.7. The monoisotopic (exact) mass is 318 g/mol. The van der Waals surface area contributed by atoms with Gasteiger partial charge in [-0.1, -0.05) is 23.9 Å². The van der Waals surface area contributed by atoms with Crippen LogP contribution in [0.2, 0.25) is 0 Å². The van der Waals surface area contributed by atoms with Gasteiger partial charge in [0.15, 0.2) is 5.16 Å². The molecule has 1 aromatic heterocycles. The van der Waals surface area contributed by atoms with E-state index in [1.54, 1.807) is 12.1 Å². The van der Waals surface area contributed by atoms with E-state index in [9.17, 15) is 0 Å². The highest BCUT2D eigenvalue weighted by molar-refractivity contribution is 7.98. The Morgan fingerprint density at radius 1 is 1.32 bits per heavy atom. The average molecular weight is 318 g/mol. The molecule has 22 heavy (non-hydrogen) atoms. The fourth-order valence-electron chi connectivity index (χ4n) is 2.29. The van der Waals surface area contributed by atoms with Crippen molar-refractivity contribution in [2.75, 3.05) is 23.7 Å². The van der Waals surface area contributed by atoms with Gasteiger partial charge in [0.05, 0.1) is 16.9 Å². The second kappa shape index (κ2) is 6.39. The average Bonchev–Trinajstić information content (AvgIpc) is 2.55. The van der Waals surface area contributed by atoms with Crippen LogP contribution in [-0.2, 0) is 13.0 Å². The van der Waals surface area contributed by atoms with Crippen LogP contribution in [0.15, 0.2) is 29.4 Å². The number of nitrogens with one attached hydrogen (secondary N) is 1. The molecule has 2 heterocycles. The number of hydrogen-bond acceptors (Lipinski definition) is 8. The third-order valence-corrected chi connectivity index (χ3v) is 3.96. The molecule has 0 bridgehead atoms. The number of thioether (sulfide) groups is 1. The summed E-state index contributed by atoms with van der Waals surface area (Å²) >= 11 is 1.48. The van der Waals surface area contributed by atoms with Crippen molar-refractivity contribution in [3.05, 3.63) is 35.5 Å². The molecule has 0 amide bonds. The number of benzene rings is 1. The van der Waals surface area contributed by atoms with Gasteiger partial charge >= 0.3 is 0 Å². The molecule has 0 radical (unpaired) electrons. The summed E-state index contributed by atoms with van der Waals surface area (Å²) in [5, 5.41) is 5.11. The number of aromatic nitrogens is 2. The first kappa shape index (κ1) is 14.9. The molecule has 0 saturated heterocycles. The predicted molar refractivity (Wildman–Crippen MR) is 87.4 cm³/mol. The van der Waals surface area contributed by atoms with E-state index in [1.807, 2.05) is 18.4 Å². The fourth-order valence-corrected chi connectivity index (χ4v) is 2.66. The molecule has 0 fully saturated rings. The van der Waals surface area contributed by atoms with E-state index >= 15 is 0 Å². The number of hydrazine groups is 1. The van der Waals surface area contributed by atoms with E-state index in [-0.39, 0.29) is 0 Å². The standard InChI is InChI=1S/C14H18N6OS/c1-22-14-18-11-6-7-17-8-9(11)13(19-14)21-20(16)12-5-3-2-4-10(12)15/h2-5,17H,6-8,15-16H2,1H3. The van der Waals surface area contributed by atoms with E-state index in [2.05, 4.69) is 15.3 Å². The van der Waals surface area contributed by atoms with E-state index in [0.717, 1.165) is 29.4 Å². The minimum absolute atomic E-state index is 0.465. The van der Waals surface area contributed by atoms with E-state index < -0.39 is 0 Å². The molecular formula is C14H18N6OS. The summed E-state index contributed by atoms with van der Waals surface area (Å²) in [4.78, 5) is 14.7. The van der Waals surface area contributed by atoms with Crippen LogP contribution in [0.1, 0.15) is 11.3 Å². The molecule has 0 aliphatic carbocycles. The first-order valence-electron chi connectivity index (χ1n) is 6.91. The van der Waals surface area contributed by atoms with E-state index in [4.69, 9.17) is 16.4 Å². The maximum Gasteiger partial charge on any atom is 0.256 e. The van der Waals surface area contributed by atoms with Gasteiger partial charge in [0.25, 0.3) is 5.88 Å². The fraction of sp³-hybridized carbons (Fsp3) is 0.286. The van der Waals surface area contributed by atoms with Crippen molar-refractivity contribution in [3.8, 4) is 5.88 Å². The van der Waals surface area contributed by atoms with Gasteiger partial charge in [-0.2, -0.15) is 4.98 Å². The number of rotatable bonds is 4. The zero-order valence-electron chi connectivity index (χ0n) is 12.2. The van der Waals surface area contributed by atoms with Gasteiger partial charge in [-0.3, -0.25) is 0 Å².